The molecule has 0 saturated heterocycles. The lowest BCUT2D eigenvalue weighted by molar-refractivity contribution is 0.152. The van der Waals surface area contributed by atoms with Crippen molar-refractivity contribution >= 4 is 11.3 Å². The van der Waals surface area contributed by atoms with E-state index in [4.69, 9.17) is 0 Å². The lowest BCUT2D eigenvalue weighted by atomic mass is 9.91. The van der Waals surface area contributed by atoms with Gasteiger partial charge in [0.15, 0.2) is 0 Å². The molecule has 0 aliphatic heterocycles. The fourth-order valence-electron chi connectivity index (χ4n) is 2.23. The zero-order chi connectivity index (χ0) is 11.5. The van der Waals surface area contributed by atoms with Gasteiger partial charge in [0, 0.05) is 28.9 Å². The van der Waals surface area contributed by atoms with Crippen LogP contribution in [0.5, 0.6) is 0 Å². The van der Waals surface area contributed by atoms with Crippen molar-refractivity contribution in [3.63, 3.8) is 0 Å². The molecule has 1 N–H and O–H groups in total. The molecule has 1 aliphatic carbocycles. The number of aryl methyl sites for hydroxylation is 1. The van der Waals surface area contributed by atoms with Gasteiger partial charge in [0.25, 0.3) is 0 Å². The molecule has 2 rings (SSSR count). The molecule has 3 heteroatoms. The van der Waals surface area contributed by atoms with Crippen LogP contribution in [0.15, 0.2) is 6.07 Å². The molecular formula is C13H22N2S. The molecule has 2 nitrogen and oxygen atoms in total. The molecule has 0 radical (unpaired) electrons. The number of rotatable bonds is 5. The smallest absolute Gasteiger partial charge is 0.0296 e. The lowest BCUT2D eigenvalue weighted by Gasteiger charge is -2.34. The number of hydrogen-bond acceptors (Lipinski definition) is 3. The zero-order valence-electron chi connectivity index (χ0n) is 10.5. The zero-order valence-corrected chi connectivity index (χ0v) is 11.4. The molecule has 0 aromatic carbocycles. The Hall–Kier alpha value is -0.380. The van der Waals surface area contributed by atoms with Gasteiger partial charge < -0.3 is 5.32 Å². The molecule has 1 aromatic heterocycles. The summed E-state index contributed by atoms with van der Waals surface area (Å²) in [6.07, 6.45) is 4.20. The summed E-state index contributed by atoms with van der Waals surface area (Å²) >= 11 is 1.93. The third-order valence-corrected chi connectivity index (χ3v) is 4.63. The Kier molecular flexibility index (Phi) is 4.00. The molecule has 1 aliphatic rings. The van der Waals surface area contributed by atoms with Crippen LogP contribution in [0.1, 0.15) is 34.6 Å². The van der Waals surface area contributed by atoms with Gasteiger partial charge in [-0.2, -0.15) is 0 Å². The number of nitrogens with one attached hydrogen (secondary N) is 1. The summed E-state index contributed by atoms with van der Waals surface area (Å²) in [6.45, 7) is 4.36. The minimum atomic E-state index is 0.840. The fraction of sp³-hybridized carbons (Fsp3) is 0.692. The summed E-state index contributed by atoms with van der Waals surface area (Å²) in [5, 5.41) is 3.22. The van der Waals surface area contributed by atoms with E-state index in [1.165, 1.54) is 34.6 Å². The van der Waals surface area contributed by atoms with Gasteiger partial charge in [0.2, 0.25) is 0 Å². The number of thiophene rings is 1. The summed E-state index contributed by atoms with van der Waals surface area (Å²) in [4.78, 5) is 5.45. The molecule has 0 bridgehead atoms. The third kappa shape index (κ3) is 2.65. The van der Waals surface area contributed by atoms with Crippen LogP contribution < -0.4 is 5.32 Å². The average molecular weight is 238 g/mol. The van der Waals surface area contributed by atoms with E-state index in [0.29, 0.717) is 0 Å². The van der Waals surface area contributed by atoms with E-state index in [-0.39, 0.29) is 0 Å². The van der Waals surface area contributed by atoms with Gasteiger partial charge >= 0.3 is 0 Å². The SMILES string of the molecule is CNCc1cc(CN(C)C2CCC2)c(C)s1. The normalized spacial score (nSPS) is 16.8. The lowest BCUT2D eigenvalue weighted by Crippen LogP contribution is -2.36. The number of nitrogens with zero attached hydrogens (tertiary/aromatic N) is 1. The van der Waals surface area contributed by atoms with Crippen molar-refractivity contribution in [3.8, 4) is 0 Å². The second-order valence-corrected chi connectivity index (χ2v) is 6.17. The van der Waals surface area contributed by atoms with Crippen molar-refractivity contribution in [2.45, 2.75) is 45.3 Å². The summed E-state index contributed by atoms with van der Waals surface area (Å²) in [7, 11) is 4.27. The standard InChI is InChI=1S/C13H22N2S/c1-10-11(7-13(16-10)8-14-2)9-15(3)12-5-4-6-12/h7,12,14H,4-6,8-9H2,1-3H3. The highest BCUT2D eigenvalue weighted by molar-refractivity contribution is 7.12. The van der Waals surface area contributed by atoms with Crippen molar-refractivity contribution in [1.82, 2.24) is 10.2 Å². The van der Waals surface area contributed by atoms with Gasteiger partial charge in [0.1, 0.15) is 0 Å². The average Bonchev–Trinajstić information content (AvgIpc) is 2.44. The van der Waals surface area contributed by atoms with Gasteiger partial charge in [-0.15, -0.1) is 11.3 Å². The molecule has 1 fully saturated rings. The summed E-state index contributed by atoms with van der Waals surface area (Å²) in [5.74, 6) is 0. The van der Waals surface area contributed by atoms with Crippen molar-refractivity contribution in [2.24, 2.45) is 0 Å². The molecule has 0 unspecified atom stereocenters. The molecule has 1 heterocycles. The molecule has 1 aromatic rings. The highest BCUT2D eigenvalue weighted by atomic mass is 32.1. The van der Waals surface area contributed by atoms with E-state index < -0.39 is 0 Å². The number of hydrogen-bond donors (Lipinski definition) is 1. The van der Waals surface area contributed by atoms with Crippen LogP contribution in [0.4, 0.5) is 0 Å². The Labute approximate surface area is 103 Å². The van der Waals surface area contributed by atoms with Crippen LogP contribution in [0.3, 0.4) is 0 Å². The maximum atomic E-state index is 3.22. The highest BCUT2D eigenvalue weighted by Crippen LogP contribution is 2.28. The van der Waals surface area contributed by atoms with Gasteiger partial charge in [0.05, 0.1) is 0 Å². The van der Waals surface area contributed by atoms with Crippen molar-refractivity contribution in [1.29, 1.82) is 0 Å². The second-order valence-electron chi connectivity index (χ2n) is 4.82. The maximum absolute atomic E-state index is 3.22. The quantitative estimate of drug-likeness (QED) is 0.848. The van der Waals surface area contributed by atoms with Crippen LogP contribution in [-0.2, 0) is 13.1 Å². The first-order valence-electron chi connectivity index (χ1n) is 6.13. The molecule has 0 spiro atoms. The van der Waals surface area contributed by atoms with E-state index in [2.05, 4.69) is 30.3 Å². The predicted molar refractivity (Wildman–Crippen MR) is 70.9 cm³/mol. The van der Waals surface area contributed by atoms with Gasteiger partial charge in [-0.25, -0.2) is 0 Å². The van der Waals surface area contributed by atoms with Crippen molar-refractivity contribution in [2.75, 3.05) is 14.1 Å². The van der Waals surface area contributed by atoms with E-state index in [1.54, 1.807) is 0 Å². The van der Waals surface area contributed by atoms with Gasteiger partial charge in [-0.1, -0.05) is 6.42 Å². The Morgan fingerprint density at radius 2 is 2.25 bits per heavy atom. The minimum Gasteiger partial charge on any atom is -0.315 e. The summed E-state index contributed by atoms with van der Waals surface area (Å²) in [5.41, 5.74) is 1.52. The highest BCUT2D eigenvalue weighted by Gasteiger charge is 2.22. The Balaban J connectivity index is 1.96. The maximum Gasteiger partial charge on any atom is 0.0296 e. The first-order chi connectivity index (χ1) is 7.70. The largest absolute Gasteiger partial charge is 0.315 e. The van der Waals surface area contributed by atoms with Gasteiger partial charge in [-0.3, -0.25) is 4.90 Å². The van der Waals surface area contributed by atoms with Crippen molar-refractivity contribution < 1.29 is 0 Å². The fourth-order valence-corrected chi connectivity index (χ4v) is 3.30. The molecule has 1 saturated carbocycles. The Bertz CT molecular complexity index is 342. The molecular weight excluding hydrogens is 216 g/mol. The minimum absolute atomic E-state index is 0.840. The van der Waals surface area contributed by atoms with E-state index in [9.17, 15) is 0 Å². The van der Waals surface area contributed by atoms with Crippen LogP contribution in [0.25, 0.3) is 0 Å². The van der Waals surface area contributed by atoms with Crippen LogP contribution in [-0.4, -0.2) is 25.0 Å². The first-order valence-corrected chi connectivity index (χ1v) is 6.95. The molecule has 90 valence electrons. The topological polar surface area (TPSA) is 15.3 Å². The summed E-state index contributed by atoms with van der Waals surface area (Å²) < 4.78 is 0. The van der Waals surface area contributed by atoms with E-state index in [0.717, 1.165) is 19.1 Å². The van der Waals surface area contributed by atoms with Gasteiger partial charge in [-0.05, 0) is 45.5 Å². The molecule has 0 amide bonds. The van der Waals surface area contributed by atoms with Crippen molar-refractivity contribution in [3.05, 3.63) is 21.4 Å². The third-order valence-electron chi connectivity index (χ3n) is 3.54. The monoisotopic (exact) mass is 238 g/mol. The molecule has 16 heavy (non-hydrogen) atoms. The van der Waals surface area contributed by atoms with E-state index in [1.807, 2.05) is 18.4 Å². The second kappa shape index (κ2) is 5.30. The van der Waals surface area contributed by atoms with E-state index >= 15 is 0 Å². The van der Waals surface area contributed by atoms with Crippen LogP contribution >= 0.6 is 11.3 Å². The van der Waals surface area contributed by atoms with Crippen LogP contribution in [0.2, 0.25) is 0 Å². The Morgan fingerprint density at radius 3 is 2.81 bits per heavy atom. The first kappa shape index (κ1) is 12.1. The predicted octanol–water partition coefficient (Wildman–Crippen LogP) is 2.76. The molecule has 0 atom stereocenters. The van der Waals surface area contributed by atoms with Crippen LogP contribution in [0, 0.1) is 6.92 Å². The summed E-state index contributed by atoms with van der Waals surface area (Å²) in [6, 6.07) is 3.21. The Morgan fingerprint density at radius 1 is 1.50 bits per heavy atom.